The minimum atomic E-state index is -0.0375. The highest BCUT2D eigenvalue weighted by atomic mass is 16.3. The van der Waals surface area contributed by atoms with Gasteiger partial charge in [-0.25, -0.2) is 0 Å². The van der Waals surface area contributed by atoms with Gasteiger partial charge in [0.25, 0.3) is 0 Å². The van der Waals surface area contributed by atoms with Crippen molar-refractivity contribution < 1.29 is 10.2 Å². The number of benzene rings is 1. The molecule has 0 aliphatic carbocycles. The molecule has 0 heterocycles. The van der Waals surface area contributed by atoms with Gasteiger partial charge in [-0.15, -0.1) is 0 Å². The van der Waals surface area contributed by atoms with Gasteiger partial charge in [-0.3, -0.25) is 0 Å². The molecule has 1 rings (SSSR count). The van der Waals surface area contributed by atoms with Crippen molar-refractivity contribution >= 4 is 5.57 Å². The van der Waals surface area contributed by atoms with E-state index in [1.54, 1.807) is 6.08 Å². The fourth-order valence-corrected chi connectivity index (χ4v) is 1.30. The van der Waals surface area contributed by atoms with E-state index in [-0.39, 0.29) is 13.2 Å². The van der Waals surface area contributed by atoms with Crippen molar-refractivity contribution in [1.29, 1.82) is 0 Å². The highest BCUT2D eigenvalue weighted by Gasteiger charge is 2.01. The molecule has 0 amide bonds. The summed E-state index contributed by atoms with van der Waals surface area (Å²) in [5.74, 6) is 0. The van der Waals surface area contributed by atoms with Crippen molar-refractivity contribution in [2.45, 2.75) is 6.92 Å². The first kappa shape index (κ1) is 9.96. The molecule has 1 aromatic rings. The summed E-state index contributed by atoms with van der Waals surface area (Å²) < 4.78 is 0. The molecule has 1 aromatic carbocycles. The number of hydrogen-bond acceptors (Lipinski definition) is 2. The molecule has 0 saturated heterocycles. The van der Waals surface area contributed by atoms with E-state index in [2.05, 4.69) is 0 Å². The van der Waals surface area contributed by atoms with Crippen molar-refractivity contribution in [3.63, 3.8) is 0 Å². The van der Waals surface area contributed by atoms with Gasteiger partial charge in [0, 0.05) is 0 Å². The fourth-order valence-electron chi connectivity index (χ4n) is 1.30. The Morgan fingerprint density at radius 2 is 2.00 bits per heavy atom. The number of aliphatic hydroxyl groups is 2. The van der Waals surface area contributed by atoms with E-state index in [1.807, 2.05) is 31.2 Å². The lowest BCUT2D eigenvalue weighted by Crippen LogP contribution is -1.94. The van der Waals surface area contributed by atoms with Crippen LogP contribution in [0.5, 0.6) is 0 Å². The first-order valence-corrected chi connectivity index (χ1v) is 4.26. The third-order valence-electron chi connectivity index (χ3n) is 2.00. The van der Waals surface area contributed by atoms with Crippen LogP contribution in [0.15, 0.2) is 30.3 Å². The number of aryl methyl sites for hydroxylation is 1. The average molecular weight is 178 g/mol. The van der Waals surface area contributed by atoms with E-state index >= 15 is 0 Å². The highest BCUT2D eigenvalue weighted by Crippen LogP contribution is 2.17. The summed E-state index contributed by atoms with van der Waals surface area (Å²) in [6.07, 6.45) is 1.63. The van der Waals surface area contributed by atoms with Gasteiger partial charge >= 0.3 is 0 Å². The predicted octanol–water partition coefficient (Wildman–Crippen LogP) is 1.36. The van der Waals surface area contributed by atoms with Gasteiger partial charge in [-0.1, -0.05) is 30.3 Å². The normalized spacial score (nSPS) is 11.8. The van der Waals surface area contributed by atoms with Crippen molar-refractivity contribution in [3.05, 3.63) is 41.5 Å². The van der Waals surface area contributed by atoms with E-state index in [0.717, 1.165) is 16.7 Å². The maximum Gasteiger partial charge on any atom is 0.0685 e. The van der Waals surface area contributed by atoms with Crippen LogP contribution in [0, 0.1) is 6.92 Å². The first-order valence-electron chi connectivity index (χ1n) is 4.26. The van der Waals surface area contributed by atoms with Gasteiger partial charge in [-0.05, 0) is 23.6 Å². The van der Waals surface area contributed by atoms with Crippen LogP contribution in [0.25, 0.3) is 5.57 Å². The van der Waals surface area contributed by atoms with Gasteiger partial charge in [0.1, 0.15) is 0 Å². The van der Waals surface area contributed by atoms with E-state index in [9.17, 15) is 0 Å². The van der Waals surface area contributed by atoms with Crippen LogP contribution in [0.2, 0.25) is 0 Å². The van der Waals surface area contributed by atoms with Crippen LogP contribution in [-0.2, 0) is 0 Å². The predicted molar refractivity (Wildman–Crippen MR) is 53.3 cm³/mol. The van der Waals surface area contributed by atoms with E-state index in [1.165, 1.54) is 0 Å². The Hall–Kier alpha value is -1.12. The third kappa shape index (κ3) is 2.41. The molecule has 0 aromatic heterocycles. The molecule has 0 fully saturated rings. The van der Waals surface area contributed by atoms with Crippen LogP contribution < -0.4 is 0 Å². The summed E-state index contributed by atoms with van der Waals surface area (Å²) in [7, 11) is 0. The zero-order valence-corrected chi connectivity index (χ0v) is 7.70. The molecule has 0 bridgehead atoms. The van der Waals surface area contributed by atoms with Crippen LogP contribution in [0.3, 0.4) is 0 Å². The van der Waals surface area contributed by atoms with Crippen LogP contribution in [0.1, 0.15) is 11.1 Å². The topological polar surface area (TPSA) is 40.5 Å². The maximum atomic E-state index is 9.06. The molecular formula is C11H14O2. The molecule has 2 N–H and O–H groups in total. The number of hydrogen-bond donors (Lipinski definition) is 2. The second-order valence-electron chi connectivity index (χ2n) is 2.88. The fraction of sp³-hybridized carbons (Fsp3) is 0.273. The van der Waals surface area contributed by atoms with Crippen LogP contribution >= 0.6 is 0 Å². The summed E-state index contributed by atoms with van der Waals surface area (Å²) in [4.78, 5) is 0. The molecule has 0 spiro atoms. The summed E-state index contributed by atoms with van der Waals surface area (Å²) in [5, 5.41) is 17.8. The molecule has 0 saturated carbocycles. The average Bonchev–Trinajstić information content (AvgIpc) is 2.16. The Morgan fingerprint density at radius 3 is 2.54 bits per heavy atom. The minimum absolute atomic E-state index is 0.0363. The summed E-state index contributed by atoms with van der Waals surface area (Å²) >= 11 is 0. The highest BCUT2D eigenvalue weighted by molar-refractivity contribution is 5.68. The molecule has 0 aliphatic heterocycles. The van der Waals surface area contributed by atoms with E-state index in [0.29, 0.717) is 0 Å². The summed E-state index contributed by atoms with van der Waals surface area (Å²) in [6.45, 7) is 1.91. The molecule has 0 aliphatic rings. The Labute approximate surface area is 78.2 Å². The lowest BCUT2D eigenvalue weighted by Gasteiger charge is -2.07. The van der Waals surface area contributed by atoms with Crippen molar-refractivity contribution in [1.82, 2.24) is 0 Å². The molecule has 2 heteroatoms. The van der Waals surface area contributed by atoms with E-state index < -0.39 is 0 Å². The lowest BCUT2D eigenvalue weighted by atomic mass is 10.0. The van der Waals surface area contributed by atoms with Crippen LogP contribution in [0.4, 0.5) is 0 Å². The molecule has 70 valence electrons. The SMILES string of the molecule is Cc1ccccc1/C(=C/CO)CO. The second-order valence-corrected chi connectivity index (χ2v) is 2.88. The Bertz CT molecular complexity index is 303. The second kappa shape index (κ2) is 4.80. The standard InChI is InChI=1S/C11H14O2/c1-9-4-2-3-5-11(9)10(8-13)6-7-12/h2-6,12-13H,7-8H2,1H3/b10-6+. The zero-order chi connectivity index (χ0) is 9.68. The van der Waals surface area contributed by atoms with E-state index in [4.69, 9.17) is 10.2 Å². The Morgan fingerprint density at radius 1 is 1.31 bits per heavy atom. The van der Waals surface area contributed by atoms with Gasteiger partial charge in [0.05, 0.1) is 13.2 Å². The molecule has 0 unspecified atom stereocenters. The zero-order valence-electron chi connectivity index (χ0n) is 7.70. The van der Waals surface area contributed by atoms with Crippen molar-refractivity contribution in [3.8, 4) is 0 Å². The number of rotatable bonds is 3. The Kier molecular flexibility index (Phi) is 3.68. The smallest absolute Gasteiger partial charge is 0.0685 e. The molecule has 2 nitrogen and oxygen atoms in total. The molecule has 0 radical (unpaired) electrons. The number of aliphatic hydroxyl groups excluding tert-OH is 2. The molecule has 0 atom stereocenters. The van der Waals surface area contributed by atoms with Gasteiger partial charge in [0.15, 0.2) is 0 Å². The maximum absolute atomic E-state index is 9.06. The minimum Gasteiger partial charge on any atom is -0.392 e. The van der Waals surface area contributed by atoms with Crippen molar-refractivity contribution in [2.24, 2.45) is 0 Å². The lowest BCUT2D eigenvalue weighted by molar-refractivity contribution is 0.334. The monoisotopic (exact) mass is 178 g/mol. The molecule has 13 heavy (non-hydrogen) atoms. The van der Waals surface area contributed by atoms with Gasteiger partial charge in [-0.2, -0.15) is 0 Å². The molecular weight excluding hydrogens is 164 g/mol. The van der Waals surface area contributed by atoms with Gasteiger partial charge in [0.2, 0.25) is 0 Å². The van der Waals surface area contributed by atoms with Crippen LogP contribution in [-0.4, -0.2) is 23.4 Å². The third-order valence-corrected chi connectivity index (χ3v) is 2.00. The summed E-state index contributed by atoms with van der Waals surface area (Å²) in [5.41, 5.74) is 2.89. The largest absolute Gasteiger partial charge is 0.392 e. The first-order chi connectivity index (χ1) is 6.29. The van der Waals surface area contributed by atoms with Crippen molar-refractivity contribution in [2.75, 3.05) is 13.2 Å². The Balaban J connectivity index is 3.05. The quantitative estimate of drug-likeness (QED) is 0.733. The van der Waals surface area contributed by atoms with Gasteiger partial charge < -0.3 is 10.2 Å². The summed E-state index contributed by atoms with van der Waals surface area (Å²) in [6, 6.07) is 7.79.